The van der Waals surface area contributed by atoms with Crippen LogP contribution in [0, 0.1) is 6.92 Å². The molecule has 0 aliphatic rings. The smallest absolute Gasteiger partial charge is 0.337 e. The van der Waals surface area contributed by atoms with Crippen LogP contribution in [0.1, 0.15) is 17.4 Å². The second-order valence-electron chi connectivity index (χ2n) is 2.61. The van der Waals surface area contributed by atoms with E-state index in [1.807, 2.05) is 0 Å². The highest BCUT2D eigenvalue weighted by atomic mass is 35.5. The molecule has 1 aromatic rings. The molecule has 1 unspecified atom stereocenters. The Kier molecular flexibility index (Phi) is 2.85. The first-order chi connectivity index (χ1) is 6.00. The van der Waals surface area contributed by atoms with Gasteiger partial charge in [0.1, 0.15) is 5.15 Å². The summed E-state index contributed by atoms with van der Waals surface area (Å²) in [5, 5.41) is 17.8. The van der Waals surface area contributed by atoms with Crippen LogP contribution < -0.4 is 0 Å². The molecule has 1 aromatic heterocycles. The number of hydrogen-bond acceptors (Lipinski definition) is 3. The van der Waals surface area contributed by atoms with E-state index in [4.69, 9.17) is 21.8 Å². The Morgan fingerprint density at radius 2 is 2.23 bits per heavy atom. The zero-order chi connectivity index (χ0) is 10.0. The number of aryl methyl sites for hydroxylation is 1. The molecule has 0 radical (unpaired) electrons. The van der Waals surface area contributed by atoms with Gasteiger partial charge in [0.15, 0.2) is 6.10 Å². The van der Waals surface area contributed by atoms with Crippen LogP contribution in [0.5, 0.6) is 0 Å². The molecule has 0 fully saturated rings. The summed E-state index contributed by atoms with van der Waals surface area (Å²) in [6, 6.07) is 2.80. The van der Waals surface area contributed by atoms with E-state index in [2.05, 4.69) is 4.98 Å². The number of carboxylic acid groups (broad SMARTS) is 1. The Hall–Kier alpha value is -1.13. The van der Waals surface area contributed by atoms with Crippen molar-refractivity contribution in [2.24, 2.45) is 0 Å². The minimum Gasteiger partial charge on any atom is -0.479 e. The molecule has 1 heterocycles. The molecule has 4 nitrogen and oxygen atoms in total. The number of rotatable bonds is 2. The van der Waals surface area contributed by atoms with Crippen molar-refractivity contribution < 1.29 is 15.0 Å². The quantitative estimate of drug-likeness (QED) is 0.705. The van der Waals surface area contributed by atoms with E-state index in [9.17, 15) is 4.79 Å². The molecule has 0 bridgehead atoms. The van der Waals surface area contributed by atoms with Crippen molar-refractivity contribution in [2.45, 2.75) is 13.0 Å². The van der Waals surface area contributed by atoms with Gasteiger partial charge in [0.2, 0.25) is 0 Å². The van der Waals surface area contributed by atoms with Crippen LogP contribution in [0.25, 0.3) is 0 Å². The summed E-state index contributed by atoms with van der Waals surface area (Å²) in [5.74, 6) is -1.30. The zero-order valence-corrected chi connectivity index (χ0v) is 7.62. The number of aromatic nitrogens is 1. The first kappa shape index (κ1) is 9.95. The third-order valence-corrected chi connectivity index (χ3v) is 1.69. The SMILES string of the molecule is Cc1cc(C(O)C(=O)O)cc(Cl)n1. The Morgan fingerprint density at radius 1 is 1.62 bits per heavy atom. The lowest BCUT2D eigenvalue weighted by molar-refractivity contribution is -0.146. The van der Waals surface area contributed by atoms with Gasteiger partial charge in [-0.3, -0.25) is 0 Å². The fourth-order valence-corrected chi connectivity index (χ4v) is 1.21. The van der Waals surface area contributed by atoms with Crippen LogP contribution in [-0.2, 0) is 4.79 Å². The Labute approximate surface area is 79.8 Å². The van der Waals surface area contributed by atoms with Crippen LogP contribution in [0.4, 0.5) is 0 Å². The third-order valence-electron chi connectivity index (χ3n) is 1.49. The van der Waals surface area contributed by atoms with Gasteiger partial charge in [0.05, 0.1) is 0 Å². The molecular formula is C8H8ClNO3. The second-order valence-corrected chi connectivity index (χ2v) is 2.99. The van der Waals surface area contributed by atoms with Crippen LogP contribution in [0.2, 0.25) is 5.15 Å². The summed E-state index contributed by atoms with van der Waals surface area (Å²) in [4.78, 5) is 14.2. The van der Waals surface area contributed by atoms with E-state index in [1.165, 1.54) is 12.1 Å². The number of pyridine rings is 1. The predicted molar refractivity (Wildman–Crippen MR) is 46.6 cm³/mol. The highest BCUT2D eigenvalue weighted by Crippen LogP contribution is 2.17. The summed E-state index contributed by atoms with van der Waals surface area (Å²) in [6.45, 7) is 1.67. The fraction of sp³-hybridized carbons (Fsp3) is 0.250. The zero-order valence-electron chi connectivity index (χ0n) is 6.86. The first-order valence-electron chi connectivity index (χ1n) is 3.55. The van der Waals surface area contributed by atoms with Gasteiger partial charge in [-0.2, -0.15) is 0 Å². The highest BCUT2D eigenvalue weighted by Gasteiger charge is 2.16. The minimum absolute atomic E-state index is 0.176. The average molecular weight is 202 g/mol. The number of carboxylic acids is 1. The number of aliphatic carboxylic acids is 1. The molecule has 0 aliphatic heterocycles. The first-order valence-corrected chi connectivity index (χ1v) is 3.93. The molecule has 1 atom stereocenters. The molecular weight excluding hydrogens is 194 g/mol. The summed E-state index contributed by atoms with van der Waals surface area (Å²) in [6.07, 6.45) is -1.54. The van der Waals surface area contributed by atoms with Crippen LogP contribution in [0.3, 0.4) is 0 Å². The maximum absolute atomic E-state index is 10.4. The van der Waals surface area contributed by atoms with E-state index in [-0.39, 0.29) is 10.7 Å². The van der Waals surface area contributed by atoms with Crippen LogP contribution >= 0.6 is 11.6 Å². The van der Waals surface area contributed by atoms with Gasteiger partial charge < -0.3 is 10.2 Å². The van der Waals surface area contributed by atoms with Gasteiger partial charge in [0, 0.05) is 5.69 Å². The van der Waals surface area contributed by atoms with Crippen molar-refractivity contribution in [1.29, 1.82) is 0 Å². The van der Waals surface area contributed by atoms with Gasteiger partial charge in [-0.15, -0.1) is 0 Å². The van der Waals surface area contributed by atoms with Crippen molar-refractivity contribution in [3.63, 3.8) is 0 Å². The third kappa shape index (κ3) is 2.40. The second kappa shape index (κ2) is 3.72. The van der Waals surface area contributed by atoms with Gasteiger partial charge in [-0.25, -0.2) is 9.78 Å². The van der Waals surface area contributed by atoms with E-state index in [0.29, 0.717) is 5.69 Å². The number of nitrogens with zero attached hydrogens (tertiary/aromatic N) is 1. The summed E-state index contributed by atoms with van der Waals surface area (Å²) in [5.41, 5.74) is 0.813. The number of aliphatic hydroxyl groups is 1. The molecule has 0 saturated heterocycles. The molecule has 0 saturated carbocycles. The van der Waals surface area contributed by atoms with Crippen molar-refractivity contribution >= 4 is 17.6 Å². The van der Waals surface area contributed by atoms with E-state index < -0.39 is 12.1 Å². The van der Waals surface area contributed by atoms with Gasteiger partial charge >= 0.3 is 5.97 Å². The van der Waals surface area contributed by atoms with E-state index >= 15 is 0 Å². The lowest BCUT2D eigenvalue weighted by atomic mass is 10.1. The molecule has 0 spiro atoms. The number of hydrogen-bond donors (Lipinski definition) is 2. The normalized spacial score (nSPS) is 12.5. The molecule has 1 rings (SSSR count). The number of aliphatic hydroxyl groups excluding tert-OH is 1. The largest absolute Gasteiger partial charge is 0.479 e. The maximum Gasteiger partial charge on any atom is 0.337 e. The van der Waals surface area contributed by atoms with Gasteiger partial charge in [-0.1, -0.05) is 11.6 Å². The van der Waals surface area contributed by atoms with Crippen molar-refractivity contribution in [3.8, 4) is 0 Å². The van der Waals surface area contributed by atoms with Crippen molar-refractivity contribution in [3.05, 3.63) is 28.5 Å². The van der Waals surface area contributed by atoms with Gasteiger partial charge in [-0.05, 0) is 24.6 Å². The predicted octanol–water partition coefficient (Wildman–Crippen LogP) is 1.16. The Balaban J connectivity index is 3.07. The maximum atomic E-state index is 10.4. The molecule has 70 valence electrons. The lowest BCUT2D eigenvalue weighted by Gasteiger charge is -2.06. The number of halogens is 1. The minimum atomic E-state index is -1.54. The topological polar surface area (TPSA) is 70.4 Å². The van der Waals surface area contributed by atoms with Crippen LogP contribution in [0.15, 0.2) is 12.1 Å². The highest BCUT2D eigenvalue weighted by molar-refractivity contribution is 6.29. The molecule has 0 amide bonds. The van der Waals surface area contributed by atoms with E-state index in [0.717, 1.165) is 0 Å². The monoisotopic (exact) mass is 201 g/mol. The molecule has 5 heteroatoms. The van der Waals surface area contributed by atoms with Crippen LogP contribution in [-0.4, -0.2) is 21.2 Å². The Morgan fingerprint density at radius 3 is 2.69 bits per heavy atom. The molecule has 2 N–H and O–H groups in total. The standard InChI is InChI=1S/C8H8ClNO3/c1-4-2-5(3-6(9)10-4)7(11)8(12)13/h2-3,7,11H,1H3,(H,12,13). The van der Waals surface area contributed by atoms with Gasteiger partial charge in [0.25, 0.3) is 0 Å². The number of carbonyl (C=O) groups is 1. The summed E-state index contributed by atoms with van der Waals surface area (Å²) < 4.78 is 0. The van der Waals surface area contributed by atoms with Crippen molar-refractivity contribution in [1.82, 2.24) is 4.98 Å². The van der Waals surface area contributed by atoms with Crippen molar-refractivity contribution in [2.75, 3.05) is 0 Å². The molecule has 0 aliphatic carbocycles. The lowest BCUT2D eigenvalue weighted by Crippen LogP contribution is -2.10. The fourth-order valence-electron chi connectivity index (χ4n) is 0.954. The van der Waals surface area contributed by atoms with E-state index in [1.54, 1.807) is 6.92 Å². The summed E-state index contributed by atoms with van der Waals surface area (Å²) in [7, 11) is 0. The Bertz CT molecular complexity index is 320. The molecule has 13 heavy (non-hydrogen) atoms. The summed E-state index contributed by atoms with van der Waals surface area (Å²) >= 11 is 5.58. The average Bonchev–Trinajstić information content (AvgIpc) is 2.01. The molecule has 0 aromatic carbocycles.